The van der Waals surface area contributed by atoms with Crippen LogP contribution in [0.2, 0.25) is 0 Å². The lowest BCUT2D eigenvalue weighted by Crippen LogP contribution is -2.45. The van der Waals surface area contributed by atoms with Crippen LogP contribution in [0.1, 0.15) is 32.3 Å². The number of piperidine rings is 1. The third-order valence-electron chi connectivity index (χ3n) is 6.46. The van der Waals surface area contributed by atoms with Crippen LogP contribution in [-0.2, 0) is 26.0 Å². The molecule has 2 aromatic rings. The zero-order valence-corrected chi connectivity index (χ0v) is 21.1. The molecule has 0 aromatic heterocycles. The van der Waals surface area contributed by atoms with Gasteiger partial charge in [0.1, 0.15) is 12.3 Å². The molecular weight excluding hydrogens is 466 g/mol. The molecule has 2 aliphatic heterocycles. The molecule has 35 heavy (non-hydrogen) atoms. The number of fused-ring (bicyclic) bond motifs is 1. The molecule has 188 valence electrons. The maximum atomic E-state index is 13.4. The molecule has 0 radical (unpaired) electrons. The molecule has 2 aromatic carbocycles. The number of nitrogens with zero attached hydrogens (tertiary/aromatic N) is 2. The van der Waals surface area contributed by atoms with Crippen molar-refractivity contribution in [3.8, 4) is 5.75 Å². The highest BCUT2D eigenvalue weighted by molar-refractivity contribution is 7.89. The van der Waals surface area contributed by atoms with Gasteiger partial charge in [0.25, 0.3) is 5.91 Å². The summed E-state index contributed by atoms with van der Waals surface area (Å²) in [5.74, 6) is 0.259. The summed E-state index contributed by atoms with van der Waals surface area (Å²) in [4.78, 5) is 26.6. The van der Waals surface area contributed by atoms with Crippen LogP contribution in [0.5, 0.6) is 5.75 Å². The van der Waals surface area contributed by atoms with Crippen LogP contribution in [-0.4, -0.2) is 57.3 Å². The second-order valence-corrected chi connectivity index (χ2v) is 11.5. The number of carbonyl (C=O) groups is 2. The number of benzene rings is 2. The molecule has 1 fully saturated rings. The van der Waals surface area contributed by atoms with E-state index >= 15 is 0 Å². The molecule has 0 unspecified atom stereocenters. The summed E-state index contributed by atoms with van der Waals surface area (Å²) in [6.07, 6.45) is 2.61. The molecular formula is C26H33N3O5S. The predicted octanol–water partition coefficient (Wildman–Crippen LogP) is 2.83. The largest absolute Gasteiger partial charge is 0.482 e. The van der Waals surface area contributed by atoms with Crippen LogP contribution >= 0.6 is 0 Å². The number of aryl methyl sites for hydroxylation is 1. The Labute approximate surface area is 207 Å². The molecule has 0 saturated carbocycles. The molecule has 1 N–H and O–H groups in total. The Morgan fingerprint density at radius 1 is 1.09 bits per heavy atom. The van der Waals surface area contributed by atoms with Crippen LogP contribution in [0.3, 0.4) is 0 Å². The van der Waals surface area contributed by atoms with E-state index in [0.29, 0.717) is 31.1 Å². The number of sulfonamides is 1. The van der Waals surface area contributed by atoms with Gasteiger partial charge < -0.3 is 10.1 Å². The number of amides is 2. The maximum absolute atomic E-state index is 13.4. The predicted molar refractivity (Wildman–Crippen MR) is 134 cm³/mol. The Balaban J connectivity index is 1.44. The molecule has 2 heterocycles. The van der Waals surface area contributed by atoms with Crippen molar-refractivity contribution in [3.63, 3.8) is 0 Å². The zero-order valence-electron chi connectivity index (χ0n) is 20.3. The van der Waals surface area contributed by atoms with Crippen LogP contribution < -0.4 is 15.0 Å². The number of ether oxygens (including phenoxy) is 1. The molecule has 2 atom stereocenters. The van der Waals surface area contributed by atoms with Crippen molar-refractivity contribution in [1.82, 2.24) is 9.62 Å². The van der Waals surface area contributed by atoms with Gasteiger partial charge in [-0.15, -0.1) is 0 Å². The maximum Gasteiger partial charge on any atom is 0.265 e. The Morgan fingerprint density at radius 3 is 2.51 bits per heavy atom. The zero-order chi connectivity index (χ0) is 25.0. The van der Waals surface area contributed by atoms with Crippen molar-refractivity contribution in [2.45, 2.75) is 38.0 Å². The first-order valence-electron chi connectivity index (χ1n) is 12.1. The van der Waals surface area contributed by atoms with Gasteiger partial charge in [-0.3, -0.25) is 14.5 Å². The smallest absolute Gasteiger partial charge is 0.265 e. The van der Waals surface area contributed by atoms with E-state index in [1.807, 2.05) is 30.3 Å². The van der Waals surface area contributed by atoms with E-state index in [1.54, 1.807) is 6.07 Å². The van der Waals surface area contributed by atoms with Crippen molar-refractivity contribution >= 4 is 27.5 Å². The summed E-state index contributed by atoms with van der Waals surface area (Å²) < 4.78 is 33.8. The highest BCUT2D eigenvalue weighted by Crippen LogP contribution is 2.36. The number of rotatable bonds is 8. The van der Waals surface area contributed by atoms with Gasteiger partial charge in [-0.2, -0.15) is 4.31 Å². The quantitative estimate of drug-likeness (QED) is 0.564. The molecule has 4 rings (SSSR count). The van der Waals surface area contributed by atoms with Gasteiger partial charge in [0.15, 0.2) is 6.61 Å². The van der Waals surface area contributed by atoms with Crippen LogP contribution in [0.4, 0.5) is 5.69 Å². The first-order chi connectivity index (χ1) is 16.7. The fraction of sp³-hybridized carbons (Fsp3) is 0.462. The lowest BCUT2D eigenvalue weighted by atomic mass is 9.94. The summed E-state index contributed by atoms with van der Waals surface area (Å²) in [5.41, 5.74) is 1.50. The number of nitrogens with one attached hydrogen (secondary N) is 1. The van der Waals surface area contributed by atoms with E-state index in [-0.39, 0.29) is 41.7 Å². The lowest BCUT2D eigenvalue weighted by molar-refractivity contribution is -0.125. The third kappa shape index (κ3) is 6.02. The van der Waals surface area contributed by atoms with E-state index in [1.165, 1.54) is 26.9 Å². The Hall–Kier alpha value is -2.91. The van der Waals surface area contributed by atoms with Crippen molar-refractivity contribution in [2.75, 3.05) is 37.7 Å². The fourth-order valence-corrected chi connectivity index (χ4v) is 6.53. The first-order valence-corrected chi connectivity index (χ1v) is 13.6. The summed E-state index contributed by atoms with van der Waals surface area (Å²) in [7, 11) is -3.74. The summed E-state index contributed by atoms with van der Waals surface area (Å²) >= 11 is 0. The van der Waals surface area contributed by atoms with E-state index in [2.05, 4.69) is 19.2 Å². The van der Waals surface area contributed by atoms with E-state index in [0.717, 1.165) is 19.3 Å². The molecule has 0 aliphatic carbocycles. The van der Waals surface area contributed by atoms with Crippen molar-refractivity contribution < 1.29 is 22.7 Å². The molecule has 1 saturated heterocycles. The fourth-order valence-electron chi connectivity index (χ4n) is 4.83. The molecule has 0 bridgehead atoms. The normalized spacial score (nSPS) is 20.7. The summed E-state index contributed by atoms with van der Waals surface area (Å²) in [6, 6.07) is 14.5. The highest BCUT2D eigenvalue weighted by Gasteiger charge is 2.34. The van der Waals surface area contributed by atoms with Gasteiger partial charge in [0, 0.05) is 19.6 Å². The van der Waals surface area contributed by atoms with E-state index in [4.69, 9.17) is 4.74 Å². The first kappa shape index (κ1) is 25.2. The minimum absolute atomic E-state index is 0.101. The monoisotopic (exact) mass is 499 g/mol. The minimum atomic E-state index is -3.74. The standard InChI is InChI=1S/C26H33N3O5S/c1-19-13-20(2)16-28(15-19)35(32,33)22-10-11-24-23(14-22)29(26(31)18-34-24)17-25(30)27-12-6-9-21-7-4-3-5-8-21/h3-5,7-8,10-11,14,19-20H,6,9,12-13,15-18H2,1-2H3,(H,27,30)/t19-,20-/m0/s1. The van der Waals surface area contributed by atoms with Crippen LogP contribution in [0, 0.1) is 11.8 Å². The molecule has 2 aliphatic rings. The van der Waals surface area contributed by atoms with Gasteiger partial charge >= 0.3 is 0 Å². The SMILES string of the molecule is C[C@H]1C[C@H](C)CN(S(=O)(=O)c2ccc3c(c2)N(CC(=O)NCCCc2ccccc2)C(=O)CO3)C1. The Morgan fingerprint density at radius 2 is 1.80 bits per heavy atom. The lowest BCUT2D eigenvalue weighted by Gasteiger charge is -2.34. The number of carbonyl (C=O) groups excluding carboxylic acids is 2. The van der Waals surface area contributed by atoms with Crippen molar-refractivity contribution in [1.29, 1.82) is 0 Å². The summed E-state index contributed by atoms with van der Waals surface area (Å²) in [5, 5.41) is 2.86. The summed E-state index contributed by atoms with van der Waals surface area (Å²) in [6.45, 7) is 5.14. The van der Waals surface area contributed by atoms with Gasteiger partial charge in [-0.1, -0.05) is 44.2 Å². The molecule has 0 spiro atoms. The van der Waals surface area contributed by atoms with Gasteiger partial charge in [-0.25, -0.2) is 8.42 Å². The second-order valence-electron chi connectivity index (χ2n) is 9.61. The van der Waals surface area contributed by atoms with E-state index in [9.17, 15) is 18.0 Å². The topological polar surface area (TPSA) is 96.0 Å². The number of hydrogen-bond donors (Lipinski definition) is 1. The average molecular weight is 500 g/mol. The molecule has 2 amide bonds. The molecule has 9 heteroatoms. The number of hydrogen-bond acceptors (Lipinski definition) is 5. The van der Waals surface area contributed by atoms with Gasteiger partial charge in [0.2, 0.25) is 15.9 Å². The Kier molecular flexibility index (Phi) is 7.76. The van der Waals surface area contributed by atoms with Crippen LogP contribution in [0.25, 0.3) is 0 Å². The minimum Gasteiger partial charge on any atom is -0.482 e. The second kappa shape index (κ2) is 10.8. The van der Waals surface area contributed by atoms with Gasteiger partial charge in [0.05, 0.1) is 10.6 Å². The van der Waals surface area contributed by atoms with Gasteiger partial charge in [-0.05, 0) is 54.9 Å². The molecule has 8 nitrogen and oxygen atoms in total. The highest BCUT2D eigenvalue weighted by atomic mass is 32.2. The number of anilines is 1. The van der Waals surface area contributed by atoms with Crippen molar-refractivity contribution in [2.24, 2.45) is 11.8 Å². The Bertz CT molecular complexity index is 1160. The van der Waals surface area contributed by atoms with Crippen molar-refractivity contribution in [3.05, 3.63) is 54.1 Å². The van der Waals surface area contributed by atoms with Crippen LogP contribution in [0.15, 0.2) is 53.4 Å². The third-order valence-corrected chi connectivity index (χ3v) is 8.28. The van der Waals surface area contributed by atoms with E-state index < -0.39 is 10.0 Å². The average Bonchev–Trinajstić information content (AvgIpc) is 2.83.